The van der Waals surface area contributed by atoms with Gasteiger partial charge in [0.05, 0.1) is 15.9 Å². The Balaban J connectivity index is 2.15. The minimum absolute atomic E-state index is 0.257. The van der Waals surface area contributed by atoms with E-state index in [4.69, 9.17) is 17.4 Å². The van der Waals surface area contributed by atoms with Gasteiger partial charge in [-0.15, -0.1) is 11.3 Å². The molecule has 0 saturated heterocycles. The molecule has 3 N–H and O–H groups in total. The van der Waals surface area contributed by atoms with Crippen LogP contribution < -0.4 is 11.3 Å². The van der Waals surface area contributed by atoms with Crippen LogP contribution in [0.2, 0.25) is 4.34 Å². The second-order valence-electron chi connectivity index (χ2n) is 4.25. The number of nitrogens with one attached hydrogen (secondary N) is 1. The van der Waals surface area contributed by atoms with E-state index < -0.39 is 11.7 Å². The van der Waals surface area contributed by atoms with Gasteiger partial charge in [-0.1, -0.05) is 23.7 Å². The zero-order chi connectivity index (χ0) is 14.8. The van der Waals surface area contributed by atoms with Gasteiger partial charge in [-0.25, -0.2) is 0 Å². The molecule has 1 heterocycles. The molecule has 2 aromatic rings. The molecule has 0 aliphatic rings. The molecule has 0 radical (unpaired) electrons. The third-order valence-electron chi connectivity index (χ3n) is 2.88. The number of halogens is 4. The Bertz CT molecular complexity index is 566. The number of rotatable bonds is 4. The lowest BCUT2D eigenvalue weighted by Crippen LogP contribution is -2.29. The third kappa shape index (κ3) is 3.73. The van der Waals surface area contributed by atoms with Crippen LogP contribution in [0, 0.1) is 0 Å². The third-order valence-corrected chi connectivity index (χ3v) is 4.13. The second-order valence-corrected chi connectivity index (χ2v) is 6.05. The Kier molecular flexibility index (Phi) is 4.70. The SMILES string of the molecule is NNC(Cc1ccc(Cl)s1)c1ccc(C(F)(F)F)cc1. The van der Waals surface area contributed by atoms with Crippen LogP contribution in [0.3, 0.4) is 0 Å². The topological polar surface area (TPSA) is 38.0 Å². The van der Waals surface area contributed by atoms with Crippen molar-refractivity contribution >= 4 is 22.9 Å². The van der Waals surface area contributed by atoms with Gasteiger partial charge in [0.1, 0.15) is 0 Å². The van der Waals surface area contributed by atoms with Crippen molar-refractivity contribution < 1.29 is 13.2 Å². The molecule has 7 heteroatoms. The highest BCUT2D eigenvalue weighted by Crippen LogP contribution is 2.31. The van der Waals surface area contributed by atoms with E-state index in [-0.39, 0.29) is 6.04 Å². The summed E-state index contributed by atoms with van der Waals surface area (Å²) in [6.07, 6.45) is -3.76. The maximum atomic E-state index is 12.5. The lowest BCUT2D eigenvalue weighted by molar-refractivity contribution is -0.137. The first-order valence-electron chi connectivity index (χ1n) is 5.77. The van der Waals surface area contributed by atoms with E-state index in [0.717, 1.165) is 17.0 Å². The van der Waals surface area contributed by atoms with Crippen molar-refractivity contribution in [2.24, 2.45) is 5.84 Å². The smallest absolute Gasteiger partial charge is 0.271 e. The molecule has 20 heavy (non-hydrogen) atoms. The first-order chi connectivity index (χ1) is 9.40. The fraction of sp³-hybridized carbons (Fsp3) is 0.231. The standard InChI is InChI=1S/C13H12ClF3N2S/c14-12-6-5-10(20-12)7-11(19-18)8-1-3-9(4-2-8)13(15,16)17/h1-6,11,19H,7,18H2. The lowest BCUT2D eigenvalue weighted by atomic mass is 10.0. The summed E-state index contributed by atoms with van der Waals surface area (Å²) in [5.74, 6) is 5.48. The highest BCUT2D eigenvalue weighted by molar-refractivity contribution is 7.16. The largest absolute Gasteiger partial charge is 0.416 e. The second kappa shape index (κ2) is 6.13. The summed E-state index contributed by atoms with van der Waals surface area (Å²) in [4.78, 5) is 1.01. The summed E-state index contributed by atoms with van der Waals surface area (Å²) < 4.78 is 38.2. The normalized spacial score (nSPS) is 13.4. The van der Waals surface area contributed by atoms with Gasteiger partial charge in [-0.3, -0.25) is 11.3 Å². The van der Waals surface area contributed by atoms with Crippen LogP contribution in [0.5, 0.6) is 0 Å². The highest BCUT2D eigenvalue weighted by Gasteiger charge is 2.30. The minimum Gasteiger partial charge on any atom is -0.271 e. The Labute approximate surface area is 123 Å². The molecule has 108 valence electrons. The molecule has 0 saturated carbocycles. The number of benzene rings is 1. The molecule has 0 aliphatic heterocycles. The molecule has 0 spiro atoms. The quantitative estimate of drug-likeness (QED) is 0.655. The molecule has 1 unspecified atom stereocenters. The van der Waals surface area contributed by atoms with Crippen LogP contribution in [-0.4, -0.2) is 0 Å². The molecule has 0 fully saturated rings. The van der Waals surface area contributed by atoms with E-state index in [1.165, 1.54) is 23.5 Å². The van der Waals surface area contributed by atoms with Crippen molar-refractivity contribution in [2.75, 3.05) is 0 Å². The fourth-order valence-corrected chi connectivity index (χ4v) is 2.97. The lowest BCUT2D eigenvalue weighted by Gasteiger charge is -2.16. The number of nitrogens with two attached hydrogens (primary N) is 1. The van der Waals surface area contributed by atoms with Gasteiger partial charge in [0.15, 0.2) is 0 Å². The Morgan fingerprint density at radius 3 is 2.25 bits per heavy atom. The molecular weight excluding hydrogens is 309 g/mol. The minimum atomic E-state index is -4.33. The molecule has 1 aromatic carbocycles. The maximum Gasteiger partial charge on any atom is 0.416 e. The van der Waals surface area contributed by atoms with Gasteiger partial charge in [0, 0.05) is 11.3 Å². The van der Waals surface area contributed by atoms with E-state index in [2.05, 4.69) is 5.43 Å². The van der Waals surface area contributed by atoms with Gasteiger partial charge in [-0.2, -0.15) is 13.2 Å². The van der Waals surface area contributed by atoms with Gasteiger partial charge < -0.3 is 0 Å². The zero-order valence-corrected chi connectivity index (χ0v) is 11.8. The van der Waals surface area contributed by atoms with Crippen molar-refractivity contribution in [3.63, 3.8) is 0 Å². The van der Waals surface area contributed by atoms with Crippen LogP contribution in [0.15, 0.2) is 36.4 Å². The molecule has 0 bridgehead atoms. The van der Waals surface area contributed by atoms with E-state index in [1.54, 1.807) is 6.07 Å². The molecular formula is C13H12ClF3N2S. The van der Waals surface area contributed by atoms with Crippen LogP contribution in [-0.2, 0) is 12.6 Å². The van der Waals surface area contributed by atoms with Crippen molar-refractivity contribution in [3.8, 4) is 0 Å². The highest BCUT2D eigenvalue weighted by atomic mass is 35.5. The first-order valence-corrected chi connectivity index (χ1v) is 6.97. The fourth-order valence-electron chi connectivity index (χ4n) is 1.84. The maximum absolute atomic E-state index is 12.5. The number of alkyl halides is 3. The summed E-state index contributed by atoms with van der Waals surface area (Å²) in [5, 5.41) is 0. The summed E-state index contributed by atoms with van der Waals surface area (Å²) >= 11 is 7.27. The monoisotopic (exact) mass is 320 g/mol. The van der Waals surface area contributed by atoms with E-state index in [0.29, 0.717) is 16.3 Å². The van der Waals surface area contributed by atoms with Crippen LogP contribution in [0.1, 0.15) is 22.0 Å². The van der Waals surface area contributed by atoms with Gasteiger partial charge in [-0.05, 0) is 29.8 Å². The zero-order valence-electron chi connectivity index (χ0n) is 10.2. The average Bonchev–Trinajstić information content (AvgIpc) is 2.81. The number of thiophene rings is 1. The molecule has 0 amide bonds. The number of hydrogen-bond donors (Lipinski definition) is 2. The van der Waals surface area contributed by atoms with Crippen LogP contribution >= 0.6 is 22.9 Å². The molecule has 1 aromatic heterocycles. The summed E-state index contributed by atoms with van der Waals surface area (Å²) in [5.41, 5.74) is 2.65. The summed E-state index contributed by atoms with van der Waals surface area (Å²) in [6, 6.07) is 8.38. The predicted octanol–water partition coefficient (Wildman–Crippen LogP) is 4.17. The van der Waals surface area contributed by atoms with Crippen LogP contribution in [0.25, 0.3) is 0 Å². The Morgan fingerprint density at radius 1 is 1.15 bits per heavy atom. The summed E-state index contributed by atoms with van der Waals surface area (Å²) in [6.45, 7) is 0. The van der Waals surface area contributed by atoms with E-state index in [9.17, 15) is 13.2 Å². The summed E-state index contributed by atoms with van der Waals surface area (Å²) in [7, 11) is 0. The molecule has 2 rings (SSSR count). The van der Waals surface area contributed by atoms with Gasteiger partial charge in [0.25, 0.3) is 0 Å². The first kappa shape index (κ1) is 15.3. The van der Waals surface area contributed by atoms with Crippen molar-refractivity contribution in [1.29, 1.82) is 0 Å². The van der Waals surface area contributed by atoms with Crippen molar-refractivity contribution in [2.45, 2.75) is 18.6 Å². The van der Waals surface area contributed by atoms with Gasteiger partial charge >= 0.3 is 6.18 Å². The predicted molar refractivity (Wildman–Crippen MR) is 74.5 cm³/mol. The Hall–Kier alpha value is -1.08. The van der Waals surface area contributed by atoms with E-state index in [1.807, 2.05) is 6.07 Å². The molecule has 2 nitrogen and oxygen atoms in total. The van der Waals surface area contributed by atoms with Crippen LogP contribution in [0.4, 0.5) is 13.2 Å². The van der Waals surface area contributed by atoms with Crippen molar-refractivity contribution in [3.05, 3.63) is 56.7 Å². The van der Waals surface area contributed by atoms with E-state index >= 15 is 0 Å². The molecule has 0 aliphatic carbocycles. The Morgan fingerprint density at radius 2 is 1.80 bits per heavy atom. The number of hydrazine groups is 1. The van der Waals surface area contributed by atoms with Crippen molar-refractivity contribution in [1.82, 2.24) is 5.43 Å². The average molecular weight is 321 g/mol. The van der Waals surface area contributed by atoms with Gasteiger partial charge in [0.2, 0.25) is 0 Å². The molecule has 1 atom stereocenters. The number of hydrogen-bond acceptors (Lipinski definition) is 3.